The minimum atomic E-state index is 0.177. The van der Waals surface area contributed by atoms with Crippen LogP contribution in [0.4, 0.5) is 0 Å². The minimum Gasteiger partial charge on any atom is -0.372 e. The van der Waals surface area contributed by atoms with Gasteiger partial charge in [0.05, 0.1) is 12.2 Å². The molecule has 98 valence electrons. The Morgan fingerprint density at radius 1 is 1.24 bits per heavy atom. The molecule has 4 heteroatoms. The third kappa shape index (κ3) is 3.68. The normalized spacial score (nSPS) is 31.5. The summed E-state index contributed by atoms with van der Waals surface area (Å²) in [6.45, 7) is 7.73. The number of rotatable bonds is 2. The molecule has 0 aromatic heterocycles. The molecule has 0 bridgehead atoms. The molecule has 0 spiro atoms. The maximum absolute atomic E-state index is 12.2. The van der Waals surface area contributed by atoms with E-state index in [2.05, 4.69) is 5.32 Å². The predicted octanol–water partition coefficient (Wildman–Crippen LogP) is 1.01. The van der Waals surface area contributed by atoms with Gasteiger partial charge in [0.2, 0.25) is 5.91 Å². The molecule has 2 atom stereocenters. The number of carbonyl (C=O) groups excluding carboxylic acids is 1. The maximum atomic E-state index is 12.2. The first-order chi connectivity index (χ1) is 8.15. The van der Waals surface area contributed by atoms with Gasteiger partial charge in [-0.05, 0) is 45.7 Å². The highest BCUT2D eigenvalue weighted by atomic mass is 16.5. The van der Waals surface area contributed by atoms with Crippen LogP contribution in [0.3, 0.4) is 0 Å². The number of nitrogens with zero attached hydrogens (tertiary/aromatic N) is 1. The molecule has 0 radical (unpaired) electrons. The van der Waals surface area contributed by atoms with Gasteiger partial charge in [0, 0.05) is 19.5 Å². The van der Waals surface area contributed by atoms with Crippen LogP contribution < -0.4 is 5.32 Å². The molecular formula is C13H24N2O2. The third-order valence-corrected chi connectivity index (χ3v) is 3.69. The van der Waals surface area contributed by atoms with E-state index < -0.39 is 0 Å². The largest absolute Gasteiger partial charge is 0.372 e. The summed E-state index contributed by atoms with van der Waals surface area (Å²) in [7, 11) is 0. The highest BCUT2D eigenvalue weighted by Crippen LogP contribution is 2.19. The van der Waals surface area contributed by atoms with Crippen LogP contribution in [0.5, 0.6) is 0 Å². The molecule has 0 aliphatic carbocycles. The van der Waals surface area contributed by atoms with E-state index in [1.54, 1.807) is 0 Å². The Labute approximate surface area is 104 Å². The van der Waals surface area contributed by atoms with Crippen molar-refractivity contribution >= 4 is 5.91 Å². The van der Waals surface area contributed by atoms with E-state index in [-0.39, 0.29) is 12.2 Å². The van der Waals surface area contributed by atoms with Crippen molar-refractivity contribution in [2.24, 2.45) is 5.92 Å². The van der Waals surface area contributed by atoms with Crippen molar-refractivity contribution in [3.05, 3.63) is 0 Å². The van der Waals surface area contributed by atoms with Crippen LogP contribution in [0, 0.1) is 5.92 Å². The zero-order valence-electron chi connectivity index (χ0n) is 10.9. The van der Waals surface area contributed by atoms with Gasteiger partial charge < -0.3 is 15.0 Å². The average Bonchev–Trinajstić information content (AvgIpc) is 2.29. The average molecular weight is 240 g/mol. The molecule has 2 saturated heterocycles. The highest BCUT2D eigenvalue weighted by Gasteiger charge is 2.27. The van der Waals surface area contributed by atoms with E-state index in [1.165, 1.54) is 0 Å². The fraction of sp³-hybridized carbons (Fsp3) is 0.923. The minimum absolute atomic E-state index is 0.177. The number of hydrogen-bond donors (Lipinski definition) is 1. The Bertz CT molecular complexity index is 254. The summed E-state index contributed by atoms with van der Waals surface area (Å²) in [5.74, 6) is 0.899. The lowest BCUT2D eigenvalue weighted by Crippen LogP contribution is -2.48. The fourth-order valence-electron chi connectivity index (χ4n) is 2.84. The summed E-state index contributed by atoms with van der Waals surface area (Å²) in [4.78, 5) is 14.2. The standard InChI is InChI=1S/C13H24N2O2/c1-10-8-15(9-11(2)17-10)13(16)7-12-3-5-14-6-4-12/h10-12,14H,3-9H2,1-2H3. The summed E-state index contributed by atoms with van der Waals surface area (Å²) < 4.78 is 5.65. The third-order valence-electron chi connectivity index (χ3n) is 3.69. The number of hydrogen-bond acceptors (Lipinski definition) is 3. The molecule has 2 aliphatic heterocycles. The summed E-state index contributed by atoms with van der Waals surface area (Å²) in [6, 6.07) is 0. The molecule has 1 N–H and O–H groups in total. The first kappa shape index (κ1) is 12.8. The lowest BCUT2D eigenvalue weighted by atomic mass is 9.94. The van der Waals surface area contributed by atoms with Gasteiger partial charge in [-0.15, -0.1) is 0 Å². The van der Waals surface area contributed by atoms with Crippen LogP contribution in [-0.2, 0) is 9.53 Å². The van der Waals surface area contributed by atoms with E-state index >= 15 is 0 Å². The molecule has 0 saturated carbocycles. The van der Waals surface area contributed by atoms with E-state index in [1.807, 2.05) is 18.7 Å². The van der Waals surface area contributed by atoms with Crippen LogP contribution in [-0.4, -0.2) is 49.2 Å². The van der Waals surface area contributed by atoms with E-state index in [0.717, 1.165) is 45.4 Å². The Kier molecular flexibility index (Phi) is 4.40. The monoisotopic (exact) mass is 240 g/mol. The number of amides is 1. The van der Waals surface area contributed by atoms with Crippen LogP contribution in [0.25, 0.3) is 0 Å². The second-order valence-electron chi connectivity index (χ2n) is 5.45. The quantitative estimate of drug-likeness (QED) is 0.783. The van der Waals surface area contributed by atoms with Gasteiger partial charge in [-0.25, -0.2) is 0 Å². The number of ether oxygens (including phenoxy) is 1. The Morgan fingerprint density at radius 2 is 1.82 bits per heavy atom. The van der Waals surface area contributed by atoms with Crippen molar-refractivity contribution in [3.8, 4) is 0 Å². The smallest absolute Gasteiger partial charge is 0.223 e. The predicted molar refractivity (Wildman–Crippen MR) is 66.8 cm³/mol. The SMILES string of the molecule is CC1CN(C(=O)CC2CCNCC2)CC(C)O1. The number of carbonyl (C=O) groups is 1. The molecule has 2 aliphatic rings. The Hall–Kier alpha value is -0.610. The van der Waals surface area contributed by atoms with Crippen LogP contribution in [0.1, 0.15) is 33.1 Å². The molecule has 0 aromatic carbocycles. The second-order valence-corrected chi connectivity index (χ2v) is 5.45. The Morgan fingerprint density at radius 3 is 2.41 bits per heavy atom. The first-order valence-corrected chi connectivity index (χ1v) is 6.79. The van der Waals surface area contributed by atoms with E-state index in [9.17, 15) is 4.79 Å². The second kappa shape index (κ2) is 5.83. The fourth-order valence-corrected chi connectivity index (χ4v) is 2.84. The first-order valence-electron chi connectivity index (χ1n) is 6.79. The topological polar surface area (TPSA) is 41.6 Å². The zero-order chi connectivity index (χ0) is 12.3. The lowest BCUT2D eigenvalue weighted by Gasteiger charge is -2.36. The number of piperidine rings is 1. The van der Waals surface area contributed by atoms with Crippen molar-refractivity contribution in [2.45, 2.75) is 45.3 Å². The maximum Gasteiger partial charge on any atom is 0.223 e. The highest BCUT2D eigenvalue weighted by molar-refractivity contribution is 5.76. The van der Waals surface area contributed by atoms with Crippen LogP contribution in [0.15, 0.2) is 0 Å². The molecular weight excluding hydrogens is 216 g/mol. The van der Waals surface area contributed by atoms with Crippen LogP contribution in [0.2, 0.25) is 0 Å². The van der Waals surface area contributed by atoms with Gasteiger partial charge in [0.1, 0.15) is 0 Å². The van der Waals surface area contributed by atoms with Gasteiger partial charge in [0.25, 0.3) is 0 Å². The van der Waals surface area contributed by atoms with Crippen molar-refractivity contribution in [3.63, 3.8) is 0 Å². The number of morpholine rings is 1. The lowest BCUT2D eigenvalue weighted by molar-refractivity contribution is -0.144. The molecule has 2 unspecified atom stereocenters. The Balaban J connectivity index is 1.81. The van der Waals surface area contributed by atoms with Crippen molar-refractivity contribution in [1.29, 1.82) is 0 Å². The summed E-state index contributed by atoms with van der Waals surface area (Å²) in [5, 5.41) is 3.34. The van der Waals surface area contributed by atoms with Gasteiger partial charge in [-0.1, -0.05) is 0 Å². The van der Waals surface area contributed by atoms with E-state index in [0.29, 0.717) is 11.8 Å². The van der Waals surface area contributed by atoms with Crippen LogP contribution >= 0.6 is 0 Å². The van der Waals surface area contributed by atoms with Gasteiger partial charge in [-0.3, -0.25) is 4.79 Å². The zero-order valence-corrected chi connectivity index (χ0v) is 10.9. The molecule has 4 nitrogen and oxygen atoms in total. The summed E-state index contributed by atoms with van der Waals surface area (Å²) >= 11 is 0. The molecule has 17 heavy (non-hydrogen) atoms. The molecule has 2 heterocycles. The van der Waals surface area contributed by atoms with Gasteiger partial charge in [-0.2, -0.15) is 0 Å². The van der Waals surface area contributed by atoms with Gasteiger partial charge >= 0.3 is 0 Å². The number of nitrogens with one attached hydrogen (secondary N) is 1. The molecule has 2 rings (SSSR count). The summed E-state index contributed by atoms with van der Waals surface area (Å²) in [6.07, 6.45) is 3.36. The van der Waals surface area contributed by atoms with Crippen molar-refractivity contribution in [1.82, 2.24) is 10.2 Å². The molecule has 0 aromatic rings. The van der Waals surface area contributed by atoms with Gasteiger partial charge in [0.15, 0.2) is 0 Å². The van der Waals surface area contributed by atoms with Crippen molar-refractivity contribution in [2.75, 3.05) is 26.2 Å². The summed E-state index contributed by atoms with van der Waals surface area (Å²) in [5.41, 5.74) is 0. The van der Waals surface area contributed by atoms with E-state index in [4.69, 9.17) is 4.74 Å². The molecule has 1 amide bonds. The molecule has 2 fully saturated rings. The van der Waals surface area contributed by atoms with Crippen molar-refractivity contribution < 1.29 is 9.53 Å².